The molecular weight excluding hydrogens is 286 g/mol. The van der Waals surface area contributed by atoms with Crippen LogP contribution in [0, 0.1) is 5.82 Å². The van der Waals surface area contributed by atoms with Gasteiger partial charge in [-0.05, 0) is 23.6 Å². The van der Waals surface area contributed by atoms with Crippen LogP contribution in [0.4, 0.5) is 4.39 Å². The van der Waals surface area contributed by atoms with Crippen LogP contribution < -0.4 is 0 Å². The third-order valence-corrected chi connectivity index (χ3v) is 3.33. The van der Waals surface area contributed by atoms with E-state index in [4.69, 9.17) is 23.2 Å². The molecule has 1 aromatic carbocycles. The van der Waals surface area contributed by atoms with Gasteiger partial charge >= 0.3 is 0 Å². The highest BCUT2D eigenvalue weighted by molar-refractivity contribution is 6.34. The summed E-state index contributed by atoms with van der Waals surface area (Å²) in [5.41, 5.74) is 1.66. The van der Waals surface area contributed by atoms with Crippen molar-refractivity contribution in [1.29, 1.82) is 0 Å². The Kier molecular flexibility index (Phi) is 4.38. The maximum absolute atomic E-state index is 12.8. The molecule has 0 bridgehead atoms. The smallest absolute Gasteiger partial charge is 0.137 e. The summed E-state index contributed by atoms with van der Waals surface area (Å²) in [6, 6.07) is 6.19. The average Bonchev–Trinajstić information content (AvgIpc) is 2.30. The van der Waals surface area contributed by atoms with Crippen molar-refractivity contribution in [3.05, 3.63) is 57.3 Å². The van der Waals surface area contributed by atoms with Crippen molar-refractivity contribution in [2.45, 2.75) is 26.2 Å². The van der Waals surface area contributed by atoms with E-state index < -0.39 is 0 Å². The average molecular weight is 299 g/mol. The van der Waals surface area contributed by atoms with Crippen molar-refractivity contribution in [3.8, 4) is 0 Å². The molecule has 0 amide bonds. The number of hydrogen-bond acceptors (Lipinski definition) is 2. The van der Waals surface area contributed by atoms with Gasteiger partial charge in [-0.15, -0.1) is 0 Å². The summed E-state index contributed by atoms with van der Waals surface area (Å²) in [6.45, 7) is 3.96. The zero-order valence-corrected chi connectivity index (χ0v) is 12.1. The third kappa shape index (κ3) is 3.43. The molecule has 1 heterocycles. The van der Waals surface area contributed by atoms with Gasteiger partial charge in [0, 0.05) is 12.0 Å². The van der Waals surface area contributed by atoms with E-state index in [2.05, 4.69) is 9.97 Å². The predicted octanol–water partition coefficient (Wildman–Crippen LogP) is 4.64. The van der Waals surface area contributed by atoms with Crippen molar-refractivity contribution in [3.63, 3.8) is 0 Å². The zero-order chi connectivity index (χ0) is 14.0. The minimum absolute atomic E-state index is 0.167. The molecule has 0 unspecified atom stereocenters. The molecule has 2 rings (SSSR count). The molecule has 2 aromatic rings. The van der Waals surface area contributed by atoms with Crippen LogP contribution in [0.2, 0.25) is 10.3 Å². The molecule has 0 aliphatic carbocycles. The van der Waals surface area contributed by atoms with Crippen molar-refractivity contribution in [1.82, 2.24) is 9.97 Å². The summed E-state index contributed by atoms with van der Waals surface area (Å²) in [5.74, 6) is 0.432. The van der Waals surface area contributed by atoms with Crippen LogP contribution in [0.3, 0.4) is 0 Å². The summed E-state index contributed by atoms with van der Waals surface area (Å²) in [5, 5.41) is 0.763. The molecule has 0 atom stereocenters. The summed E-state index contributed by atoms with van der Waals surface area (Å²) in [6.07, 6.45) is 0.470. The first kappa shape index (κ1) is 14.2. The molecule has 0 spiro atoms. The van der Waals surface area contributed by atoms with E-state index in [-0.39, 0.29) is 11.7 Å². The highest BCUT2D eigenvalue weighted by Crippen LogP contribution is 2.28. The lowest BCUT2D eigenvalue weighted by Crippen LogP contribution is -2.03. The molecule has 100 valence electrons. The number of aromatic nitrogens is 2. The number of nitrogens with zero attached hydrogens (tertiary/aromatic N) is 2. The van der Waals surface area contributed by atoms with Crippen LogP contribution in [0.1, 0.15) is 36.7 Å². The second-order valence-electron chi connectivity index (χ2n) is 4.59. The molecule has 0 saturated carbocycles. The van der Waals surface area contributed by atoms with E-state index >= 15 is 0 Å². The van der Waals surface area contributed by atoms with E-state index in [1.54, 1.807) is 12.1 Å². The molecular formula is C14H13Cl2FN2. The number of hydrogen-bond donors (Lipinski definition) is 0. The first-order valence-corrected chi connectivity index (χ1v) is 6.69. The van der Waals surface area contributed by atoms with E-state index in [9.17, 15) is 4.39 Å². The fourth-order valence-electron chi connectivity index (χ4n) is 1.80. The van der Waals surface area contributed by atoms with Crippen LogP contribution in [0.5, 0.6) is 0 Å². The van der Waals surface area contributed by atoms with Gasteiger partial charge in [0.25, 0.3) is 0 Å². The Balaban J connectivity index is 2.29. The Morgan fingerprint density at radius 2 is 1.58 bits per heavy atom. The van der Waals surface area contributed by atoms with Crippen LogP contribution >= 0.6 is 23.2 Å². The molecule has 2 nitrogen and oxygen atoms in total. The lowest BCUT2D eigenvalue weighted by Gasteiger charge is -2.11. The Bertz CT molecular complexity index is 559. The second kappa shape index (κ2) is 5.85. The third-order valence-electron chi connectivity index (χ3n) is 2.75. The van der Waals surface area contributed by atoms with Gasteiger partial charge in [0.05, 0.1) is 0 Å². The number of halogens is 3. The van der Waals surface area contributed by atoms with Gasteiger partial charge in [0.2, 0.25) is 0 Å². The summed E-state index contributed by atoms with van der Waals surface area (Å²) < 4.78 is 12.8. The first-order valence-electron chi connectivity index (χ1n) is 5.93. The standard InChI is InChI=1S/C14H13Cl2FN2/c1-8(2)12-13(15)18-11(19-14(12)16)7-9-3-5-10(17)6-4-9/h3-6,8H,7H2,1-2H3. The quantitative estimate of drug-likeness (QED) is 0.772. The molecule has 1 aromatic heterocycles. The molecule has 0 saturated heterocycles. The number of benzene rings is 1. The molecule has 0 radical (unpaired) electrons. The zero-order valence-electron chi connectivity index (χ0n) is 10.6. The largest absolute Gasteiger partial charge is 0.220 e. The summed E-state index contributed by atoms with van der Waals surface area (Å²) >= 11 is 12.3. The fourth-order valence-corrected chi connectivity index (χ4v) is 2.66. The molecule has 0 N–H and O–H groups in total. The van der Waals surface area contributed by atoms with Crippen molar-refractivity contribution < 1.29 is 4.39 Å². The van der Waals surface area contributed by atoms with E-state index in [1.165, 1.54) is 12.1 Å². The Labute approximate surface area is 121 Å². The van der Waals surface area contributed by atoms with Crippen LogP contribution in [-0.2, 0) is 6.42 Å². The van der Waals surface area contributed by atoms with Gasteiger partial charge in [-0.3, -0.25) is 0 Å². The van der Waals surface area contributed by atoms with E-state index in [0.717, 1.165) is 11.1 Å². The van der Waals surface area contributed by atoms with Gasteiger partial charge in [-0.2, -0.15) is 0 Å². The van der Waals surface area contributed by atoms with Gasteiger partial charge in [-0.25, -0.2) is 14.4 Å². The Morgan fingerprint density at radius 1 is 1.05 bits per heavy atom. The van der Waals surface area contributed by atoms with Crippen molar-refractivity contribution in [2.75, 3.05) is 0 Å². The lowest BCUT2D eigenvalue weighted by atomic mass is 10.1. The van der Waals surface area contributed by atoms with E-state index in [0.29, 0.717) is 22.6 Å². The normalized spacial score (nSPS) is 11.1. The lowest BCUT2D eigenvalue weighted by molar-refractivity contribution is 0.627. The first-order chi connectivity index (χ1) is 8.97. The molecule has 19 heavy (non-hydrogen) atoms. The van der Waals surface area contributed by atoms with Crippen molar-refractivity contribution >= 4 is 23.2 Å². The highest BCUT2D eigenvalue weighted by atomic mass is 35.5. The molecule has 5 heteroatoms. The van der Waals surface area contributed by atoms with Crippen molar-refractivity contribution in [2.24, 2.45) is 0 Å². The minimum atomic E-state index is -0.268. The predicted molar refractivity (Wildman–Crippen MR) is 75.3 cm³/mol. The maximum Gasteiger partial charge on any atom is 0.137 e. The van der Waals surface area contributed by atoms with Crippen LogP contribution in [0.15, 0.2) is 24.3 Å². The SMILES string of the molecule is CC(C)c1c(Cl)nc(Cc2ccc(F)cc2)nc1Cl. The second-order valence-corrected chi connectivity index (χ2v) is 5.31. The maximum atomic E-state index is 12.8. The number of rotatable bonds is 3. The molecule has 0 fully saturated rings. The van der Waals surface area contributed by atoms with Gasteiger partial charge < -0.3 is 0 Å². The fraction of sp³-hybridized carbons (Fsp3) is 0.286. The van der Waals surface area contributed by atoms with Gasteiger partial charge in [0.15, 0.2) is 0 Å². The van der Waals surface area contributed by atoms with Crippen LogP contribution in [0.25, 0.3) is 0 Å². The summed E-state index contributed by atoms with van der Waals surface area (Å²) in [7, 11) is 0. The minimum Gasteiger partial charge on any atom is -0.220 e. The monoisotopic (exact) mass is 298 g/mol. The highest BCUT2D eigenvalue weighted by Gasteiger charge is 2.14. The molecule has 0 aliphatic heterocycles. The Hall–Kier alpha value is -1.19. The van der Waals surface area contributed by atoms with Gasteiger partial charge in [0.1, 0.15) is 21.9 Å². The van der Waals surface area contributed by atoms with Crippen LogP contribution in [-0.4, -0.2) is 9.97 Å². The topological polar surface area (TPSA) is 25.8 Å². The summed E-state index contributed by atoms with van der Waals surface area (Å²) in [4.78, 5) is 8.50. The van der Waals surface area contributed by atoms with E-state index in [1.807, 2.05) is 13.8 Å². The Morgan fingerprint density at radius 3 is 2.05 bits per heavy atom. The van der Waals surface area contributed by atoms with Gasteiger partial charge in [-0.1, -0.05) is 49.2 Å². The molecule has 0 aliphatic rings.